The van der Waals surface area contributed by atoms with Gasteiger partial charge in [0.1, 0.15) is 23.0 Å². The van der Waals surface area contributed by atoms with Gasteiger partial charge in [0.05, 0.1) is 52.9 Å². The van der Waals surface area contributed by atoms with E-state index in [2.05, 4.69) is 0 Å². The van der Waals surface area contributed by atoms with Gasteiger partial charge in [-0.05, 0) is 27.7 Å². The van der Waals surface area contributed by atoms with E-state index in [4.69, 9.17) is 18.9 Å². The molecule has 8 bridgehead atoms. The van der Waals surface area contributed by atoms with E-state index < -0.39 is 0 Å². The summed E-state index contributed by atoms with van der Waals surface area (Å²) in [5.74, 6) is 0.377. The number of aryl methyl sites for hydroxylation is 4. The number of aromatic hydroxyl groups is 4. The van der Waals surface area contributed by atoms with Gasteiger partial charge < -0.3 is 39.4 Å². The molecule has 0 fully saturated rings. The Balaban J connectivity index is 1.45. The lowest BCUT2D eigenvalue weighted by Crippen LogP contribution is -2.03. The number of hydrogen-bond acceptors (Lipinski definition) is 8. The number of hydrogen-bond donors (Lipinski definition) is 4. The summed E-state index contributed by atoms with van der Waals surface area (Å²) < 4.78 is 23.8. The standard InChI is InChI=1S/C36H40O8/c1-21-5-25-13-41-15-27-7-22(2)9-29(34(27)38)17-43-19-31-11-24(4)12-32(36(31)40)20-44-18-30-10-23(3)8-28(35(30)39)16-42-14-26(6-21)33(25)37/h5-12,37-40H,13-20H2,1-4H3. The molecule has 0 spiro atoms. The SMILES string of the molecule is Cc1cc2c(O)c(c1)COCc1cc(C)cc(c1O)COCc1cc(C)cc(c1O)COCc1cc(C)cc(c1O)COC2. The molecule has 1 heterocycles. The van der Waals surface area contributed by atoms with Gasteiger partial charge in [0.25, 0.3) is 0 Å². The largest absolute Gasteiger partial charge is 0.507 e. The van der Waals surface area contributed by atoms with Gasteiger partial charge >= 0.3 is 0 Å². The summed E-state index contributed by atoms with van der Waals surface area (Å²) in [5.41, 5.74) is 8.71. The fourth-order valence-corrected chi connectivity index (χ4v) is 5.70. The van der Waals surface area contributed by atoms with Crippen molar-refractivity contribution < 1.29 is 39.4 Å². The molecule has 8 nitrogen and oxygen atoms in total. The summed E-state index contributed by atoms with van der Waals surface area (Å²) in [4.78, 5) is 0. The maximum atomic E-state index is 11.0. The average molecular weight is 601 g/mol. The Kier molecular flexibility index (Phi) is 9.76. The first-order valence-electron chi connectivity index (χ1n) is 14.7. The van der Waals surface area contributed by atoms with Gasteiger partial charge in [-0.2, -0.15) is 0 Å². The molecule has 4 N–H and O–H groups in total. The summed E-state index contributed by atoms with van der Waals surface area (Å²) in [6, 6.07) is 14.9. The molecule has 1 aliphatic heterocycles. The molecule has 232 valence electrons. The third-order valence-electron chi connectivity index (χ3n) is 7.71. The molecule has 0 atom stereocenters. The highest BCUT2D eigenvalue weighted by molar-refractivity contribution is 5.46. The van der Waals surface area contributed by atoms with E-state index in [1.807, 2.05) is 76.2 Å². The molecule has 0 radical (unpaired) electrons. The third-order valence-corrected chi connectivity index (χ3v) is 7.71. The molecular formula is C36H40O8. The van der Waals surface area contributed by atoms with Gasteiger partial charge in [0, 0.05) is 44.5 Å². The van der Waals surface area contributed by atoms with Gasteiger partial charge in [-0.15, -0.1) is 0 Å². The van der Waals surface area contributed by atoms with Crippen LogP contribution in [0, 0.1) is 27.7 Å². The molecule has 8 heteroatoms. The number of ether oxygens (including phenoxy) is 4. The van der Waals surface area contributed by atoms with Crippen LogP contribution in [0.5, 0.6) is 23.0 Å². The van der Waals surface area contributed by atoms with Crippen LogP contribution in [0.25, 0.3) is 0 Å². The minimum atomic E-state index is 0.0943. The second-order valence-corrected chi connectivity index (χ2v) is 11.7. The van der Waals surface area contributed by atoms with E-state index in [-0.39, 0.29) is 75.9 Å². The molecule has 5 rings (SSSR count). The van der Waals surface area contributed by atoms with Gasteiger partial charge in [-0.25, -0.2) is 0 Å². The zero-order chi connectivity index (χ0) is 31.4. The molecule has 0 amide bonds. The van der Waals surface area contributed by atoms with Crippen molar-refractivity contribution in [3.8, 4) is 23.0 Å². The first kappa shape index (κ1) is 31.3. The van der Waals surface area contributed by atoms with Crippen molar-refractivity contribution in [2.45, 2.75) is 80.6 Å². The van der Waals surface area contributed by atoms with E-state index in [1.165, 1.54) is 0 Å². The first-order valence-corrected chi connectivity index (χ1v) is 14.7. The summed E-state index contributed by atoms with van der Waals surface area (Å²) in [5, 5.41) is 44.0. The van der Waals surface area contributed by atoms with E-state index in [0.717, 1.165) is 22.3 Å². The maximum absolute atomic E-state index is 11.0. The normalized spacial score (nSPS) is 15.0. The monoisotopic (exact) mass is 600 g/mol. The Morgan fingerprint density at radius 3 is 0.591 bits per heavy atom. The summed E-state index contributed by atoms with van der Waals surface area (Å²) in [6.45, 7) is 8.85. The molecule has 0 saturated heterocycles. The molecule has 1 aliphatic rings. The van der Waals surface area contributed by atoms with Crippen molar-refractivity contribution >= 4 is 0 Å². The predicted molar refractivity (Wildman–Crippen MR) is 165 cm³/mol. The average Bonchev–Trinajstić information content (AvgIpc) is 2.97. The second-order valence-electron chi connectivity index (χ2n) is 11.7. The first-order chi connectivity index (χ1) is 21.1. The van der Waals surface area contributed by atoms with Gasteiger partial charge in [-0.1, -0.05) is 70.8 Å². The van der Waals surface area contributed by atoms with Gasteiger partial charge in [0.15, 0.2) is 0 Å². The number of phenolic OH excluding ortho intramolecular Hbond substituents is 4. The van der Waals surface area contributed by atoms with Crippen LogP contribution >= 0.6 is 0 Å². The highest BCUT2D eigenvalue weighted by Gasteiger charge is 2.16. The molecule has 4 aromatic carbocycles. The Morgan fingerprint density at radius 1 is 0.318 bits per heavy atom. The minimum Gasteiger partial charge on any atom is -0.507 e. The highest BCUT2D eigenvalue weighted by atomic mass is 16.5. The zero-order valence-corrected chi connectivity index (χ0v) is 25.7. The lowest BCUT2D eigenvalue weighted by Gasteiger charge is -2.16. The van der Waals surface area contributed by atoms with Crippen molar-refractivity contribution in [3.05, 3.63) is 115 Å². The Hall–Kier alpha value is -4.08. The molecule has 0 unspecified atom stereocenters. The van der Waals surface area contributed by atoms with Crippen LogP contribution in [0.15, 0.2) is 48.5 Å². The van der Waals surface area contributed by atoms with E-state index in [1.54, 1.807) is 0 Å². The second kappa shape index (κ2) is 13.7. The molecular weight excluding hydrogens is 560 g/mol. The van der Waals surface area contributed by atoms with Crippen molar-refractivity contribution in [2.75, 3.05) is 0 Å². The lowest BCUT2D eigenvalue weighted by molar-refractivity contribution is 0.0931. The number of benzene rings is 4. The molecule has 0 aliphatic carbocycles. The minimum absolute atomic E-state index is 0.0943. The highest BCUT2D eigenvalue weighted by Crippen LogP contribution is 2.32. The number of phenols is 4. The van der Waals surface area contributed by atoms with E-state index in [0.29, 0.717) is 44.5 Å². The number of rotatable bonds is 0. The van der Waals surface area contributed by atoms with Crippen LogP contribution in [0.1, 0.15) is 66.8 Å². The van der Waals surface area contributed by atoms with Crippen LogP contribution < -0.4 is 0 Å². The van der Waals surface area contributed by atoms with Crippen LogP contribution in [0.4, 0.5) is 0 Å². The molecule has 0 saturated carbocycles. The molecule has 44 heavy (non-hydrogen) atoms. The van der Waals surface area contributed by atoms with Crippen molar-refractivity contribution in [1.82, 2.24) is 0 Å². The Labute approximate surface area is 258 Å². The van der Waals surface area contributed by atoms with Crippen molar-refractivity contribution in [3.63, 3.8) is 0 Å². The topological polar surface area (TPSA) is 118 Å². The van der Waals surface area contributed by atoms with Crippen LogP contribution in [-0.4, -0.2) is 20.4 Å². The van der Waals surface area contributed by atoms with Crippen LogP contribution in [0.2, 0.25) is 0 Å². The zero-order valence-electron chi connectivity index (χ0n) is 25.7. The Morgan fingerprint density at radius 2 is 0.455 bits per heavy atom. The van der Waals surface area contributed by atoms with Crippen LogP contribution in [0.3, 0.4) is 0 Å². The lowest BCUT2D eigenvalue weighted by atomic mass is 10.0. The van der Waals surface area contributed by atoms with Gasteiger partial charge in [-0.3, -0.25) is 0 Å². The van der Waals surface area contributed by atoms with Crippen molar-refractivity contribution in [2.24, 2.45) is 0 Å². The fourth-order valence-electron chi connectivity index (χ4n) is 5.70. The van der Waals surface area contributed by atoms with Crippen LogP contribution in [-0.2, 0) is 71.8 Å². The fraction of sp³-hybridized carbons (Fsp3) is 0.333. The molecule has 0 aromatic heterocycles. The van der Waals surface area contributed by atoms with Gasteiger partial charge in [0.2, 0.25) is 0 Å². The summed E-state index contributed by atoms with van der Waals surface area (Å²) >= 11 is 0. The summed E-state index contributed by atoms with van der Waals surface area (Å²) in [6.07, 6.45) is 0. The summed E-state index contributed by atoms with van der Waals surface area (Å²) in [7, 11) is 0. The van der Waals surface area contributed by atoms with Crippen molar-refractivity contribution in [1.29, 1.82) is 0 Å². The quantitative estimate of drug-likeness (QED) is 0.172. The maximum Gasteiger partial charge on any atom is 0.126 e. The third kappa shape index (κ3) is 7.34. The molecule has 4 aromatic rings. The number of fused-ring (bicyclic) bond motifs is 8. The van der Waals surface area contributed by atoms with E-state index >= 15 is 0 Å². The predicted octanol–water partition coefficient (Wildman–Crippen LogP) is 6.92. The smallest absolute Gasteiger partial charge is 0.126 e. The van der Waals surface area contributed by atoms with E-state index in [9.17, 15) is 20.4 Å². The Bertz CT molecular complexity index is 1310.